The lowest BCUT2D eigenvalue weighted by molar-refractivity contribution is -0.384. The molecular weight excluding hydrogens is 298 g/mol. The number of nitrogens with zero attached hydrogens (tertiary/aromatic N) is 2. The van der Waals surface area contributed by atoms with Gasteiger partial charge in [0.25, 0.3) is 0 Å². The first-order valence-electron chi connectivity index (χ1n) is 5.25. The summed E-state index contributed by atoms with van der Waals surface area (Å²) >= 11 is 3.42. The van der Waals surface area contributed by atoms with Gasteiger partial charge in [0.05, 0.1) is 4.92 Å². The number of aromatic nitrogens is 1. The molecule has 0 saturated heterocycles. The predicted molar refractivity (Wildman–Crippen MR) is 72.4 cm³/mol. The van der Waals surface area contributed by atoms with Gasteiger partial charge in [-0.15, -0.1) is 0 Å². The second-order valence-electron chi connectivity index (χ2n) is 3.57. The molecule has 6 heteroatoms. The third kappa shape index (κ3) is 2.84. The van der Waals surface area contributed by atoms with Crippen molar-refractivity contribution in [3.05, 3.63) is 62.7 Å². The maximum Gasteiger partial charge on any atom is 0.311 e. The molecule has 0 aliphatic carbocycles. The van der Waals surface area contributed by atoms with E-state index >= 15 is 0 Å². The second-order valence-corrected chi connectivity index (χ2v) is 4.43. The van der Waals surface area contributed by atoms with Crippen LogP contribution in [0.2, 0.25) is 0 Å². The van der Waals surface area contributed by atoms with Crippen LogP contribution in [0.25, 0.3) is 0 Å². The van der Waals surface area contributed by atoms with E-state index in [0.29, 0.717) is 6.54 Å². The average Bonchev–Trinajstić information content (AvgIpc) is 2.38. The first-order chi connectivity index (χ1) is 8.68. The number of anilines is 1. The first-order valence-corrected chi connectivity index (χ1v) is 6.04. The Morgan fingerprint density at radius 1 is 1.28 bits per heavy atom. The summed E-state index contributed by atoms with van der Waals surface area (Å²) in [6.07, 6.45) is 1.52. The monoisotopic (exact) mass is 307 g/mol. The van der Waals surface area contributed by atoms with Crippen molar-refractivity contribution < 1.29 is 4.92 Å². The normalized spacial score (nSPS) is 10.1. The Labute approximate surface area is 112 Å². The average molecular weight is 308 g/mol. The Bertz CT molecular complexity index is 575. The molecule has 2 aromatic rings. The van der Waals surface area contributed by atoms with Crippen molar-refractivity contribution in [2.24, 2.45) is 0 Å². The van der Waals surface area contributed by atoms with Gasteiger partial charge in [0.2, 0.25) is 5.82 Å². The van der Waals surface area contributed by atoms with E-state index in [1.165, 1.54) is 12.3 Å². The molecule has 5 nitrogen and oxygen atoms in total. The standard InChI is InChI=1S/C12H10BrN3O2/c13-10-5-2-1-4-9(10)8-15-12-11(16(17)18)6-3-7-14-12/h1-7H,8H2,(H,14,15). The minimum atomic E-state index is -0.449. The topological polar surface area (TPSA) is 68.1 Å². The fourth-order valence-corrected chi connectivity index (χ4v) is 1.93. The third-order valence-electron chi connectivity index (χ3n) is 2.39. The van der Waals surface area contributed by atoms with Crippen molar-refractivity contribution in [3.8, 4) is 0 Å². The molecule has 0 saturated carbocycles. The van der Waals surface area contributed by atoms with Crippen molar-refractivity contribution in [3.63, 3.8) is 0 Å². The minimum absolute atomic E-state index is 0.0236. The van der Waals surface area contributed by atoms with Gasteiger partial charge in [-0.1, -0.05) is 34.1 Å². The van der Waals surface area contributed by atoms with Crippen LogP contribution in [-0.4, -0.2) is 9.91 Å². The summed E-state index contributed by atoms with van der Waals surface area (Å²) in [5, 5.41) is 13.8. The van der Waals surface area contributed by atoms with E-state index in [2.05, 4.69) is 26.2 Å². The SMILES string of the molecule is O=[N+]([O-])c1cccnc1NCc1ccccc1Br. The summed E-state index contributed by atoms with van der Waals surface area (Å²) in [7, 11) is 0. The van der Waals surface area contributed by atoms with Gasteiger partial charge in [-0.2, -0.15) is 0 Å². The molecule has 0 fully saturated rings. The summed E-state index contributed by atoms with van der Waals surface area (Å²) in [4.78, 5) is 14.3. The number of nitro groups is 1. The molecule has 0 radical (unpaired) electrons. The fraction of sp³-hybridized carbons (Fsp3) is 0.0833. The minimum Gasteiger partial charge on any atom is -0.360 e. The van der Waals surface area contributed by atoms with Gasteiger partial charge < -0.3 is 5.32 Å². The van der Waals surface area contributed by atoms with Gasteiger partial charge in [0.1, 0.15) is 0 Å². The number of rotatable bonds is 4. The zero-order valence-electron chi connectivity index (χ0n) is 9.34. The lowest BCUT2D eigenvalue weighted by Crippen LogP contribution is -2.04. The molecule has 1 N–H and O–H groups in total. The van der Waals surface area contributed by atoms with E-state index in [4.69, 9.17) is 0 Å². The van der Waals surface area contributed by atoms with E-state index < -0.39 is 4.92 Å². The molecule has 0 spiro atoms. The highest BCUT2D eigenvalue weighted by Crippen LogP contribution is 2.22. The van der Waals surface area contributed by atoms with Crippen LogP contribution in [-0.2, 0) is 6.54 Å². The number of pyridine rings is 1. The van der Waals surface area contributed by atoms with Gasteiger partial charge in [0, 0.05) is 23.3 Å². The molecule has 0 atom stereocenters. The first kappa shape index (κ1) is 12.5. The molecule has 1 aromatic carbocycles. The highest BCUT2D eigenvalue weighted by atomic mass is 79.9. The summed E-state index contributed by atoms with van der Waals surface area (Å²) in [5.41, 5.74) is 0.988. The quantitative estimate of drug-likeness (QED) is 0.694. The molecule has 2 rings (SSSR count). The van der Waals surface area contributed by atoms with Crippen molar-refractivity contribution in [2.75, 3.05) is 5.32 Å². The molecule has 1 aromatic heterocycles. The maximum atomic E-state index is 10.8. The molecule has 0 aliphatic heterocycles. The van der Waals surface area contributed by atoms with Crippen LogP contribution in [0.5, 0.6) is 0 Å². The van der Waals surface area contributed by atoms with Crippen molar-refractivity contribution >= 4 is 27.4 Å². The van der Waals surface area contributed by atoms with Crippen molar-refractivity contribution in [1.82, 2.24) is 4.98 Å². The molecule has 18 heavy (non-hydrogen) atoms. The van der Waals surface area contributed by atoms with Gasteiger partial charge in [-0.25, -0.2) is 4.98 Å². The summed E-state index contributed by atoms with van der Waals surface area (Å²) < 4.78 is 0.955. The molecule has 92 valence electrons. The molecule has 0 amide bonds. The Kier molecular flexibility index (Phi) is 3.88. The third-order valence-corrected chi connectivity index (χ3v) is 3.16. The van der Waals surface area contributed by atoms with Crippen LogP contribution in [0, 0.1) is 10.1 Å². The second kappa shape index (κ2) is 5.59. The van der Waals surface area contributed by atoms with E-state index in [1.807, 2.05) is 24.3 Å². The molecular formula is C12H10BrN3O2. The Balaban J connectivity index is 2.16. The number of halogens is 1. The number of hydrogen-bond donors (Lipinski definition) is 1. The highest BCUT2D eigenvalue weighted by molar-refractivity contribution is 9.10. The summed E-state index contributed by atoms with van der Waals surface area (Å²) in [6.45, 7) is 0.472. The molecule has 0 aliphatic rings. The van der Waals surface area contributed by atoms with Gasteiger partial charge in [0.15, 0.2) is 0 Å². The van der Waals surface area contributed by atoms with E-state index in [9.17, 15) is 10.1 Å². The lowest BCUT2D eigenvalue weighted by Gasteiger charge is -2.07. The summed E-state index contributed by atoms with van der Waals surface area (Å²) in [5.74, 6) is 0.276. The highest BCUT2D eigenvalue weighted by Gasteiger charge is 2.13. The lowest BCUT2D eigenvalue weighted by atomic mass is 10.2. The maximum absolute atomic E-state index is 10.8. The predicted octanol–water partition coefficient (Wildman–Crippen LogP) is 3.36. The van der Waals surface area contributed by atoms with Crippen molar-refractivity contribution in [2.45, 2.75) is 6.54 Å². The van der Waals surface area contributed by atoms with Crippen LogP contribution >= 0.6 is 15.9 Å². The van der Waals surface area contributed by atoms with Crippen LogP contribution in [0.15, 0.2) is 47.1 Å². The number of benzene rings is 1. The molecule has 1 heterocycles. The van der Waals surface area contributed by atoms with Crippen LogP contribution in [0.4, 0.5) is 11.5 Å². The molecule has 0 unspecified atom stereocenters. The van der Waals surface area contributed by atoms with Crippen LogP contribution in [0.1, 0.15) is 5.56 Å². The number of nitrogens with one attached hydrogen (secondary N) is 1. The summed E-state index contributed by atoms with van der Waals surface area (Å²) in [6, 6.07) is 10.7. The van der Waals surface area contributed by atoms with E-state index in [-0.39, 0.29) is 11.5 Å². The zero-order valence-corrected chi connectivity index (χ0v) is 10.9. The molecule has 0 bridgehead atoms. The zero-order chi connectivity index (χ0) is 13.0. The van der Waals surface area contributed by atoms with Gasteiger partial charge in [-0.05, 0) is 17.7 Å². The Hall–Kier alpha value is -1.95. The number of hydrogen-bond acceptors (Lipinski definition) is 4. The smallest absolute Gasteiger partial charge is 0.311 e. The largest absolute Gasteiger partial charge is 0.360 e. The van der Waals surface area contributed by atoms with Crippen LogP contribution < -0.4 is 5.32 Å². The van der Waals surface area contributed by atoms with Gasteiger partial charge in [-0.3, -0.25) is 10.1 Å². The fourth-order valence-electron chi connectivity index (χ4n) is 1.50. The Morgan fingerprint density at radius 2 is 2.06 bits per heavy atom. The Morgan fingerprint density at radius 3 is 2.78 bits per heavy atom. The van der Waals surface area contributed by atoms with Crippen LogP contribution in [0.3, 0.4) is 0 Å². The van der Waals surface area contributed by atoms with E-state index in [0.717, 1.165) is 10.0 Å². The van der Waals surface area contributed by atoms with Gasteiger partial charge >= 0.3 is 5.69 Å². The van der Waals surface area contributed by atoms with E-state index in [1.54, 1.807) is 6.07 Å². The van der Waals surface area contributed by atoms with Crippen molar-refractivity contribution in [1.29, 1.82) is 0 Å².